The lowest BCUT2D eigenvalue weighted by Gasteiger charge is -2.27. The summed E-state index contributed by atoms with van der Waals surface area (Å²) < 4.78 is 1.91. The maximum Gasteiger partial charge on any atom is 0.274 e. The number of hydrogen-bond acceptors (Lipinski definition) is 6. The molecule has 9 nitrogen and oxygen atoms in total. The normalized spacial score (nSPS) is 14.8. The molecule has 1 aliphatic heterocycles. The third-order valence-electron chi connectivity index (χ3n) is 5.65. The summed E-state index contributed by atoms with van der Waals surface area (Å²) in [6, 6.07) is 10.9. The summed E-state index contributed by atoms with van der Waals surface area (Å²) in [6.45, 7) is 4.97. The molecule has 2 N–H and O–H groups in total. The van der Waals surface area contributed by atoms with Crippen molar-refractivity contribution in [3.8, 4) is 0 Å². The second-order valence-corrected chi connectivity index (χ2v) is 8.01. The van der Waals surface area contributed by atoms with Crippen molar-refractivity contribution in [3.63, 3.8) is 0 Å². The Hall–Kier alpha value is -3.59. The van der Waals surface area contributed by atoms with Gasteiger partial charge in [0.1, 0.15) is 17.8 Å². The van der Waals surface area contributed by atoms with Crippen LogP contribution in [0.5, 0.6) is 0 Å². The number of rotatable bonds is 6. The number of hydrogen-bond donors (Lipinski definition) is 2. The van der Waals surface area contributed by atoms with Crippen LogP contribution in [0.3, 0.4) is 0 Å². The molecule has 1 saturated heterocycles. The molecule has 2 aromatic heterocycles. The standard InChI is InChI=1S/C23H27N7O2/c1-16(12-21-28-26-15-29(21)2)17-4-3-5-19(13-17)27-22(31)20-14-18(6-7-25-20)23(32)30-10-8-24-9-11-30/h3-7,13-16,24H,8-12H2,1-2H3,(H,27,31)/t16-/m1/s1. The van der Waals surface area contributed by atoms with Crippen LogP contribution < -0.4 is 10.6 Å². The van der Waals surface area contributed by atoms with E-state index in [9.17, 15) is 9.59 Å². The van der Waals surface area contributed by atoms with Crippen molar-refractivity contribution in [1.82, 2.24) is 30.0 Å². The Bertz CT molecular complexity index is 1100. The average molecular weight is 434 g/mol. The number of pyridine rings is 1. The van der Waals surface area contributed by atoms with Crippen LogP contribution in [-0.4, -0.2) is 62.6 Å². The minimum atomic E-state index is -0.349. The van der Waals surface area contributed by atoms with Crippen LogP contribution in [0.15, 0.2) is 48.9 Å². The lowest BCUT2D eigenvalue weighted by atomic mass is 9.97. The molecule has 2 amide bonds. The largest absolute Gasteiger partial charge is 0.336 e. The maximum absolute atomic E-state index is 12.8. The number of nitrogens with one attached hydrogen (secondary N) is 2. The van der Waals surface area contributed by atoms with Crippen molar-refractivity contribution in [2.24, 2.45) is 7.05 Å². The van der Waals surface area contributed by atoms with Crippen molar-refractivity contribution in [3.05, 3.63) is 71.6 Å². The first-order valence-corrected chi connectivity index (χ1v) is 10.7. The molecule has 0 bridgehead atoms. The van der Waals surface area contributed by atoms with E-state index in [1.807, 2.05) is 35.9 Å². The van der Waals surface area contributed by atoms with Crippen LogP contribution in [0.1, 0.15) is 45.1 Å². The van der Waals surface area contributed by atoms with Gasteiger partial charge in [0.25, 0.3) is 11.8 Å². The highest BCUT2D eigenvalue weighted by Crippen LogP contribution is 2.22. The van der Waals surface area contributed by atoms with Gasteiger partial charge in [-0.25, -0.2) is 0 Å². The number of aryl methyl sites for hydroxylation is 1. The summed E-state index contributed by atoms with van der Waals surface area (Å²) >= 11 is 0. The molecule has 9 heteroatoms. The zero-order valence-corrected chi connectivity index (χ0v) is 18.3. The molecule has 166 valence electrons. The van der Waals surface area contributed by atoms with Crippen molar-refractivity contribution in [1.29, 1.82) is 0 Å². The van der Waals surface area contributed by atoms with Crippen LogP contribution in [0, 0.1) is 0 Å². The Balaban J connectivity index is 1.44. The minimum Gasteiger partial charge on any atom is -0.336 e. The quantitative estimate of drug-likeness (QED) is 0.615. The van der Waals surface area contributed by atoms with Gasteiger partial charge in [0.2, 0.25) is 0 Å². The zero-order valence-electron chi connectivity index (χ0n) is 18.3. The van der Waals surface area contributed by atoms with Gasteiger partial charge >= 0.3 is 0 Å². The first kappa shape index (κ1) is 21.6. The van der Waals surface area contributed by atoms with Crippen molar-refractivity contribution in [2.75, 3.05) is 31.5 Å². The van der Waals surface area contributed by atoms with Gasteiger partial charge in [0.15, 0.2) is 0 Å². The molecule has 1 fully saturated rings. The Morgan fingerprint density at radius 3 is 2.75 bits per heavy atom. The molecule has 3 heterocycles. The van der Waals surface area contributed by atoms with Crippen molar-refractivity contribution < 1.29 is 9.59 Å². The van der Waals surface area contributed by atoms with Crippen molar-refractivity contribution in [2.45, 2.75) is 19.3 Å². The molecule has 4 rings (SSSR count). The fraction of sp³-hybridized carbons (Fsp3) is 0.348. The summed E-state index contributed by atoms with van der Waals surface area (Å²) in [4.78, 5) is 31.5. The van der Waals surface area contributed by atoms with Gasteiger partial charge in [-0.3, -0.25) is 14.6 Å². The average Bonchev–Trinajstić information content (AvgIpc) is 3.23. The second-order valence-electron chi connectivity index (χ2n) is 8.01. The number of piperazine rings is 1. The Morgan fingerprint density at radius 2 is 2.00 bits per heavy atom. The maximum atomic E-state index is 12.8. The van der Waals surface area contributed by atoms with Crippen LogP contribution in [0.2, 0.25) is 0 Å². The lowest BCUT2D eigenvalue weighted by molar-refractivity contribution is 0.0735. The van der Waals surface area contributed by atoms with Crippen LogP contribution in [0.25, 0.3) is 0 Å². The number of amides is 2. The number of nitrogens with zero attached hydrogens (tertiary/aromatic N) is 5. The minimum absolute atomic E-state index is 0.0810. The van der Waals surface area contributed by atoms with Gasteiger partial charge in [0, 0.05) is 57.1 Å². The number of carbonyl (C=O) groups is 2. The molecule has 32 heavy (non-hydrogen) atoms. The van der Waals surface area contributed by atoms with E-state index in [1.165, 1.54) is 6.20 Å². The smallest absolute Gasteiger partial charge is 0.274 e. The molecule has 3 aromatic rings. The summed E-state index contributed by atoms with van der Waals surface area (Å²) in [5.41, 5.74) is 2.45. The Labute approximate surface area is 186 Å². The van der Waals surface area contributed by atoms with E-state index in [1.54, 1.807) is 23.4 Å². The van der Waals surface area contributed by atoms with Gasteiger partial charge in [-0.2, -0.15) is 0 Å². The molecule has 1 aromatic carbocycles. The molecular weight excluding hydrogens is 406 g/mol. The third kappa shape index (κ3) is 5.00. The van der Waals surface area contributed by atoms with Gasteiger partial charge in [0.05, 0.1) is 0 Å². The van der Waals surface area contributed by atoms with Crippen LogP contribution in [0.4, 0.5) is 5.69 Å². The van der Waals surface area contributed by atoms with Crippen LogP contribution in [-0.2, 0) is 13.5 Å². The first-order valence-electron chi connectivity index (χ1n) is 10.7. The molecule has 1 aliphatic rings. The first-order chi connectivity index (χ1) is 15.5. The molecule has 0 unspecified atom stereocenters. The highest BCUT2D eigenvalue weighted by atomic mass is 16.2. The summed E-state index contributed by atoms with van der Waals surface area (Å²) in [5.74, 6) is 0.676. The zero-order chi connectivity index (χ0) is 22.5. The fourth-order valence-electron chi connectivity index (χ4n) is 3.74. The molecular formula is C23H27N7O2. The highest BCUT2D eigenvalue weighted by molar-refractivity contribution is 6.04. The van der Waals surface area contributed by atoms with E-state index in [0.717, 1.165) is 30.9 Å². The lowest BCUT2D eigenvalue weighted by Crippen LogP contribution is -2.46. The van der Waals surface area contributed by atoms with Crippen LogP contribution >= 0.6 is 0 Å². The Kier molecular flexibility index (Phi) is 6.55. The summed E-state index contributed by atoms with van der Waals surface area (Å²) in [5, 5.41) is 14.2. The topological polar surface area (TPSA) is 105 Å². The monoisotopic (exact) mass is 433 g/mol. The second kappa shape index (κ2) is 9.69. The van der Waals surface area contributed by atoms with Gasteiger partial charge in [-0.1, -0.05) is 19.1 Å². The van der Waals surface area contributed by atoms with Gasteiger partial charge < -0.3 is 20.1 Å². The molecule has 0 aliphatic carbocycles. The van der Waals surface area contributed by atoms with E-state index in [0.29, 0.717) is 24.3 Å². The van der Waals surface area contributed by atoms with E-state index in [4.69, 9.17) is 0 Å². The number of benzene rings is 1. The van der Waals surface area contributed by atoms with Gasteiger partial charge in [-0.15, -0.1) is 10.2 Å². The highest BCUT2D eigenvalue weighted by Gasteiger charge is 2.20. The van der Waals surface area contributed by atoms with E-state index in [2.05, 4.69) is 32.7 Å². The number of anilines is 1. The summed E-state index contributed by atoms with van der Waals surface area (Å²) in [6.07, 6.45) is 3.93. The van der Waals surface area contributed by atoms with Crippen molar-refractivity contribution >= 4 is 17.5 Å². The van der Waals surface area contributed by atoms with Gasteiger partial charge in [-0.05, 0) is 35.7 Å². The Morgan fingerprint density at radius 1 is 1.19 bits per heavy atom. The van der Waals surface area contributed by atoms with E-state index >= 15 is 0 Å². The number of carbonyl (C=O) groups excluding carboxylic acids is 2. The molecule has 0 saturated carbocycles. The molecule has 0 radical (unpaired) electrons. The number of aromatic nitrogens is 4. The third-order valence-corrected chi connectivity index (χ3v) is 5.65. The molecule has 1 atom stereocenters. The molecule has 0 spiro atoms. The summed E-state index contributed by atoms with van der Waals surface area (Å²) in [7, 11) is 1.92. The SMILES string of the molecule is C[C@H](Cc1nncn1C)c1cccc(NC(=O)c2cc(C(=O)N3CCNCC3)ccn2)c1. The predicted molar refractivity (Wildman–Crippen MR) is 121 cm³/mol. The fourth-order valence-corrected chi connectivity index (χ4v) is 3.74. The van der Waals surface area contributed by atoms with E-state index in [-0.39, 0.29) is 23.4 Å². The van der Waals surface area contributed by atoms with E-state index < -0.39 is 0 Å². The predicted octanol–water partition coefficient (Wildman–Crippen LogP) is 1.85.